The van der Waals surface area contributed by atoms with Crippen molar-refractivity contribution in [1.82, 2.24) is 0 Å². The summed E-state index contributed by atoms with van der Waals surface area (Å²) < 4.78 is 20.4. The molecule has 0 aliphatic rings. The minimum Gasteiger partial charge on any atom is -0.302 e. The molecule has 1 N–H and O–H groups in total. The monoisotopic (exact) mass is 314 g/mol. The molecule has 5 heteroatoms. The van der Waals surface area contributed by atoms with Crippen LogP contribution < -0.4 is 0 Å². The maximum Gasteiger partial charge on any atom is 0.186 e. The van der Waals surface area contributed by atoms with E-state index in [0.29, 0.717) is 14.9 Å². The molecule has 2 rings (SSSR count). The van der Waals surface area contributed by atoms with Crippen molar-refractivity contribution in [2.75, 3.05) is 0 Å². The minimum absolute atomic E-state index is 0.416. The highest BCUT2D eigenvalue weighted by molar-refractivity contribution is 7.79. The van der Waals surface area contributed by atoms with Crippen molar-refractivity contribution in [3.05, 3.63) is 51.5 Å². The Balaban J connectivity index is 2.68. The minimum atomic E-state index is -1.98. The fraction of sp³-hybridized carbons (Fsp3) is 0.143. The van der Waals surface area contributed by atoms with Crippen LogP contribution in [0.1, 0.15) is 11.1 Å². The molecule has 0 saturated carbocycles. The molecule has 1 unspecified atom stereocenters. The van der Waals surface area contributed by atoms with Gasteiger partial charge in [-0.3, -0.25) is 0 Å². The Bertz CT molecular complexity index is 669. The van der Waals surface area contributed by atoms with Crippen LogP contribution in [0.4, 0.5) is 0 Å². The van der Waals surface area contributed by atoms with E-state index >= 15 is 0 Å². The summed E-state index contributed by atoms with van der Waals surface area (Å²) in [5, 5.41) is 0.982. The van der Waals surface area contributed by atoms with Gasteiger partial charge in [0.15, 0.2) is 11.1 Å². The number of rotatable bonds is 2. The van der Waals surface area contributed by atoms with Gasteiger partial charge in [0.05, 0.1) is 14.9 Å². The lowest BCUT2D eigenvalue weighted by atomic mass is 9.97. The fourth-order valence-electron chi connectivity index (χ4n) is 1.99. The van der Waals surface area contributed by atoms with E-state index in [1.807, 2.05) is 26.0 Å². The van der Waals surface area contributed by atoms with E-state index in [0.717, 1.165) is 22.3 Å². The number of hydrogen-bond donors (Lipinski definition) is 1. The summed E-state index contributed by atoms with van der Waals surface area (Å²) in [6, 6.07) is 8.88. The average molecular weight is 315 g/mol. The molecule has 2 aromatic rings. The lowest BCUT2D eigenvalue weighted by Crippen LogP contribution is -1.97. The zero-order valence-corrected chi connectivity index (χ0v) is 12.7. The van der Waals surface area contributed by atoms with Gasteiger partial charge in [-0.25, -0.2) is 4.21 Å². The summed E-state index contributed by atoms with van der Waals surface area (Å²) in [5.41, 5.74) is 3.45. The molecule has 0 aliphatic heterocycles. The Hall–Kier alpha value is -0.870. The van der Waals surface area contributed by atoms with Crippen LogP contribution >= 0.6 is 23.2 Å². The third-order valence-corrected chi connectivity index (χ3v) is 4.80. The summed E-state index contributed by atoms with van der Waals surface area (Å²) in [4.78, 5) is 0.416. The van der Waals surface area contributed by atoms with Gasteiger partial charge in [-0.05, 0) is 42.7 Å². The van der Waals surface area contributed by atoms with E-state index in [-0.39, 0.29) is 0 Å². The molecule has 1 atom stereocenters. The van der Waals surface area contributed by atoms with E-state index in [2.05, 4.69) is 0 Å². The van der Waals surface area contributed by atoms with Gasteiger partial charge in [0.1, 0.15) is 0 Å². The highest BCUT2D eigenvalue weighted by Crippen LogP contribution is 2.36. The summed E-state index contributed by atoms with van der Waals surface area (Å²) in [6.45, 7) is 3.72. The van der Waals surface area contributed by atoms with Crippen molar-refractivity contribution >= 4 is 34.3 Å². The third-order valence-electron chi connectivity index (χ3n) is 3.17. The zero-order valence-electron chi connectivity index (χ0n) is 10.4. The highest BCUT2D eigenvalue weighted by Gasteiger charge is 2.14. The van der Waals surface area contributed by atoms with Gasteiger partial charge < -0.3 is 4.55 Å². The molecule has 0 aliphatic carbocycles. The third kappa shape index (κ3) is 2.70. The molecule has 0 spiro atoms. The van der Waals surface area contributed by atoms with E-state index in [4.69, 9.17) is 23.2 Å². The lowest BCUT2D eigenvalue weighted by Gasteiger charge is -2.13. The quantitative estimate of drug-likeness (QED) is 0.804. The van der Waals surface area contributed by atoms with Gasteiger partial charge in [0.25, 0.3) is 0 Å². The first kappa shape index (κ1) is 14.5. The molecule has 0 saturated heterocycles. The van der Waals surface area contributed by atoms with Crippen LogP contribution in [-0.2, 0) is 11.1 Å². The lowest BCUT2D eigenvalue weighted by molar-refractivity contribution is 0.563. The van der Waals surface area contributed by atoms with Gasteiger partial charge in [0, 0.05) is 5.56 Å². The molecule has 2 nitrogen and oxygen atoms in total. The van der Waals surface area contributed by atoms with Crippen molar-refractivity contribution in [2.45, 2.75) is 18.7 Å². The van der Waals surface area contributed by atoms with E-state index < -0.39 is 11.1 Å². The maximum atomic E-state index is 11.2. The molecular formula is C14H12Cl2O2S. The molecule has 19 heavy (non-hydrogen) atoms. The highest BCUT2D eigenvalue weighted by atomic mass is 35.5. The zero-order chi connectivity index (χ0) is 14.2. The second kappa shape index (κ2) is 5.63. The standard InChI is InChI=1S/C14H12Cl2O2S/c1-8-9(2)13(19(17)18)7-6-10(8)11-4-3-5-12(15)14(11)16/h3-7H,1-2H3,(H,17,18). The van der Waals surface area contributed by atoms with E-state index in [9.17, 15) is 8.76 Å². The predicted octanol–water partition coefficient (Wildman–Crippen LogP) is 4.86. The van der Waals surface area contributed by atoms with Crippen LogP contribution in [-0.4, -0.2) is 8.76 Å². The van der Waals surface area contributed by atoms with E-state index in [1.165, 1.54) is 0 Å². The van der Waals surface area contributed by atoms with Gasteiger partial charge in [-0.1, -0.05) is 41.4 Å². The summed E-state index contributed by atoms with van der Waals surface area (Å²) in [7, 11) is 0. The number of hydrogen-bond acceptors (Lipinski definition) is 1. The number of halogens is 2. The Kier molecular flexibility index (Phi) is 4.31. The average Bonchev–Trinajstić information content (AvgIpc) is 2.36. The molecular weight excluding hydrogens is 303 g/mol. The fourth-order valence-corrected chi connectivity index (χ4v) is 2.99. The second-order valence-corrected chi connectivity index (χ2v) is 5.94. The van der Waals surface area contributed by atoms with Crippen LogP contribution in [0.3, 0.4) is 0 Å². The molecule has 0 amide bonds. The van der Waals surface area contributed by atoms with Gasteiger partial charge in [-0.2, -0.15) is 0 Å². The summed E-state index contributed by atoms with van der Waals surface area (Å²) >= 11 is 10.2. The largest absolute Gasteiger partial charge is 0.302 e. The second-order valence-electron chi connectivity index (χ2n) is 4.21. The summed E-state index contributed by atoms with van der Waals surface area (Å²) in [5.74, 6) is 0. The molecule has 0 fully saturated rings. The molecule has 0 heterocycles. The van der Waals surface area contributed by atoms with Crippen LogP contribution in [0.25, 0.3) is 11.1 Å². The van der Waals surface area contributed by atoms with Crippen molar-refractivity contribution in [1.29, 1.82) is 0 Å². The van der Waals surface area contributed by atoms with Gasteiger partial charge in [-0.15, -0.1) is 0 Å². The molecule has 100 valence electrons. The van der Waals surface area contributed by atoms with Crippen LogP contribution in [0.15, 0.2) is 35.2 Å². The molecule has 0 aromatic heterocycles. The Labute approximate surface area is 124 Å². The first-order chi connectivity index (χ1) is 8.93. The SMILES string of the molecule is Cc1c(-c2cccc(Cl)c2Cl)ccc(S(=O)O)c1C. The van der Waals surface area contributed by atoms with Crippen LogP contribution in [0, 0.1) is 13.8 Å². The van der Waals surface area contributed by atoms with Crippen LogP contribution in [0.2, 0.25) is 10.0 Å². The number of benzene rings is 2. The van der Waals surface area contributed by atoms with Gasteiger partial charge >= 0.3 is 0 Å². The normalized spacial score (nSPS) is 12.5. The van der Waals surface area contributed by atoms with Gasteiger partial charge in [0.2, 0.25) is 0 Å². The van der Waals surface area contributed by atoms with Crippen molar-refractivity contribution in [3.63, 3.8) is 0 Å². The van der Waals surface area contributed by atoms with Crippen molar-refractivity contribution < 1.29 is 8.76 Å². The topological polar surface area (TPSA) is 37.3 Å². The van der Waals surface area contributed by atoms with E-state index in [1.54, 1.807) is 18.2 Å². The molecule has 2 aromatic carbocycles. The maximum absolute atomic E-state index is 11.2. The first-order valence-electron chi connectivity index (χ1n) is 5.59. The Morgan fingerprint density at radius 1 is 1.00 bits per heavy atom. The molecule has 0 radical (unpaired) electrons. The van der Waals surface area contributed by atoms with Crippen LogP contribution in [0.5, 0.6) is 0 Å². The van der Waals surface area contributed by atoms with Crippen molar-refractivity contribution in [3.8, 4) is 11.1 Å². The Morgan fingerprint density at radius 3 is 2.32 bits per heavy atom. The smallest absolute Gasteiger partial charge is 0.186 e. The Morgan fingerprint density at radius 2 is 1.68 bits per heavy atom. The summed E-state index contributed by atoms with van der Waals surface area (Å²) in [6.07, 6.45) is 0. The van der Waals surface area contributed by atoms with Crippen molar-refractivity contribution in [2.24, 2.45) is 0 Å². The first-order valence-corrected chi connectivity index (χ1v) is 7.45. The predicted molar refractivity (Wildman–Crippen MR) is 80.4 cm³/mol. The molecule has 0 bridgehead atoms.